The number of nitrogens with one attached hydrogen (secondary N) is 1. The molecule has 3 nitrogen and oxygen atoms in total. The SMILES string of the molecule is CCCCOC(=O)/C=C/c1ccccc1NC. The van der Waals surface area contributed by atoms with Gasteiger partial charge in [-0.25, -0.2) is 4.79 Å². The van der Waals surface area contributed by atoms with Gasteiger partial charge in [-0.05, 0) is 24.1 Å². The van der Waals surface area contributed by atoms with Gasteiger partial charge in [-0.1, -0.05) is 31.5 Å². The molecule has 17 heavy (non-hydrogen) atoms. The van der Waals surface area contributed by atoms with Gasteiger partial charge in [0, 0.05) is 18.8 Å². The zero-order valence-electron chi connectivity index (χ0n) is 10.4. The number of hydrogen-bond donors (Lipinski definition) is 1. The monoisotopic (exact) mass is 233 g/mol. The Morgan fingerprint density at radius 3 is 2.88 bits per heavy atom. The van der Waals surface area contributed by atoms with Crippen molar-refractivity contribution in [2.24, 2.45) is 0 Å². The summed E-state index contributed by atoms with van der Waals surface area (Å²) in [5, 5.41) is 3.07. The molecule has 0 heterocycles. The van der Waals surface area contributed by atoms with E-state index >= 15 is 0 Å². The van der Waals surface area contributed by atoms with Crippen LogP contribution in [0.5, 0.6) is 0 Å². The second kappa shape index (κ2) is 7.49. The van der Waals surface area contributed by atoms with Crippen molar-refractivity contribution in [1.29, 1.82) is 0 Å². The van der Waals surface area contributed by atoms with Crippen molar-refractivity contribution in [3.63, 3.8) is 0 Å². The van der Waals surface area contributed by atoms with E-state index in [9.17, 15) is 4.79 Å². The maximum absolute atomic E-state index is 11.4. The van der Waals surface area contributed by atoms with Crippen molar-refractivity contribution < 1.29 is 9.53 Å². The van der Waals surface area contributed by atoms with E-state index in [2.05, 4.69) is 12.2 Å². The number of hydrogen-bond acceptors (Lipinski definition) is 3. The third-order valence-corrected chi connectivity index (χ3v) is 2.37. The molecule has 0 saturated heterocycles. The van der Waals surface area contributed by atoms with Crippen LogP contribution in [0.15, 0.2) is 30.3 Å². The summed E-state index contributed by atoms with van der Waals surface area (Å²) in [6.45, 7) is 2.56. The highest BCUT2D eigenvalue weighted by Crippen LogP contribution is 2.15. The Morgan fingerprint density at radius 1 is 1.41 bits per heavy atom. The molecule has 92 valence electrons. The van der Waals surface area contributed by atoms with Gasteiger partial charge in [-0.2, -0.15) is 0 Å². The summed E-state index contributed by atoms with van der Waals surface area (Å²) < 4.78 is 5.03. The summed E-state index contributed by atoms with van der Waals surface area (Å²) in [6.07, 6.45) is 5.16. The lowest BCUT2D eigenvalue weighted by Gasteiger charge is -2.04. The van der Waals surface area contributed by atoms with E-state index in [1.807, 2.05) is 31.3 Å². The highest BCUT2D eigenvalue weighted by molar-refractivity contribution is 5.88. The topological polar surface area (TPSA) is 38.3 Å². The van der Waals surface area contributed by atoms with Crippen molar-refractivity contribution in [2.75, 3.05) is 19.0 Å². The molecule has 0 aliphatic rings. The first kappa shape index (κ1) is 13.3. The maximum Gasteiger partial charge on any atom is 0.330 e. The van der Waals surface area contributed by atoms with Crippen LogP contribution < -0.4 is 5.32 Å². The van der Waals surface area contributed by atoms with Gasteiger partial charge in [0.15, 0.2) is 0 Å². The van der Waals surface area contributed by atoms with Gasteiger partial charge in [0.05, 0.1) is 6.61 Å². The van der Waals surface area contributed by atoms with E-state index in [1.165, 1.54) is 6.08 Å². The maximum atomic E-state index is 11.4. The van der Waals surface area contributed by atoms with Crippen LogP contribution in [0.1, 0.15) is 25.3 Å². The van der Waals surface area contributed by atoms with Crippen molar-refractivity contribution in [1.82, 2.24) is 0 Å². The molecule has 0 spiro atoms. The molecule has 3 heteroatoms. The smallest absolute Gasteiger partial charge is 0.330 e. The van der Waals surface area contributed by atoms with Crippen molar-refractivity contribution >= 4 is 17.7 Å². The molecule has 0 unspecified atom stereocenters. The summed E-state index contributed by atoms with van der Waals surface area (Å²) in [6, 6.07) is 7.79. The number of benzene rings is 1. The summed E-state index contributed by atoms with van der Waals surface area (Å²) in [4.78, 5) is 11.4. The fraction of sp³-hybridized carbons (Fsp3) is 0.357. The lowest BCUT2D eigenvalue weighted by atomic mass is 10.1. The van der Waals surface area contributed by atoms with Crippen LogP contribution in [-0.2, 0) is 9.53 Å². The van der Waals surface area contributed by atoms with Crippen LogP contribution in [0, 0.1) is 0 Å². The number of rotatable bonds is 6. The molecule has 0 aliphatic carbocycles. The van der Waals surface area contributed by atoms with E-state index in [-0.39, 0.29) is 5.97 Å². The van der Waals surface area contributed by atoms with Crippen LogP contribution in [0.4, 0.5) is 5.69 Å². The number of anilines is 1. The zero-order valence-corrected chi connectivity index (χ0v) is 10.4. The number of para-hydroxylation sites is 1. The summed E-state index contributed by atoms with van der Waals surface area (Å²) in [5.41, 5.74) is 1.97. The van der Waals surface area contributed by atoms with Gasteiger partial charge in [0.25, 0.3) is 0 Å². The van der Waals surface area contributed by atoms with E-state index in [1.54, 1.807) is 6.08 Å². The highest BCUT2D eigenvalue weighted by atomic mass is 16.5. The fourth-order valence-electron chi connectivity index (χ4n) is 1.39. The first-order chi connectivity index (χ1) is 8.27. The van der Waals surface area contributed by atoms with E-state index in [0.29, 0.717) is 6.61 Å². The molecule has 0 radical (unpaired) electrons. The minimum atomic E-state index is -0.288. The van der Waals surface area contributed by atoms with Crippen LogP contribution in [0.2, 0.25) is 0 Å². The molecule has 1 rings (SSSR count). The number of esters is 1. The Labute approximate surface area is 102 Å². The lowest BCUT2D eigenvalue weighted by Crippen LogP contribution is -2.01. The van der Waals surface area contributed by atoms with Crippen LogP contribution in [-0.4, -0.2) is 19.6 Å². The van der Waals surface area contributed by atoms with Crippen LogP contribution >= 0.6 is 0 Å². The largest absolute Gasteiger partial charge is 0.463 e. The minimum absolute atomic E-state index is 0.288. The number of carbonyl (C=O) groups is 1. The molecule has 1 aromatic rings. The Bertz CT molecular complexity index is 386. The molecule has 0 bridgehead atoms. The Balaban J connectivity index is 2.54. The number of unbranched alkanes of at least 4 members (excludes halogenated alkanes) is 1. The standard InChI is InChI=1S/C14H19NO2/c1-3-4-11-17-14(16)10-9-12-7-5-6-8-13(12)15-2/h5-10,15H,3-4,11H2,1-2H3/b10-9+. The highest BCUT2D eigenvalue weighted by Gasteiger charge is 1.98. The molecule has 0 fully saturated rings. The van der Waals surface area contributed by atoms with Gasteiger partial charge in [-0.15, -0.1) is 0 Å². The summed E-state index contributed by atoms with van der Waals surface area (Å²) in [7, 11) is 1.85. The van der Waals surface area contributed by atoms with Gasteiger partial charge in [0.2, 0.25) is 0 Å². The fourth-order valence-corrected chi connectivity index (χ4v) is 1.39. The molecular weight excluding hydrogens is 214 g/mol. The van der Waals surface area contributed by atoms with Crippen molar-refractivity contribution in [3.8, 4) is 0 Å². The Kier molecular flexibility index (Phi) is 5.86. The quantitative estimate of drug-likeness (QED) is 0.466. The predicted molar refractivity (Wildman–Crippen MR) is 70.9 cm³/mol. The minimum Gasteiger partial charge on any atom is -0.463 e. The molecule has 1 aromatic carbocycles. The Hall–Kier alpha value is -1.77. The first-order valence-electron chi connectivity index (χ1n) is 5.89. The molecular formula is C14H19NO2. The summed E-state index contributed by atoms with van der Waals surface area (Å²) in [5.74, 6) is -0.288. The van der Waals surface area contributed by atoms with Gasteiger partial charge >= 0.3 is 5.97 Å². The zero-order chi connectivity index (χ0) is 12.5. The Morgan fingerprint density at radius 2 is 2.18 bits per heavy atom. The van der Waals surface area contributed by atoms with Crippen molar-refractivity contribution in [3.05, 3.63) is 35.9 Å². The summed E-state index contributed by atoms with van der Waals surface area (Å²) >= 11 is 0. The third kappa shape index (κ3) is 4.72. The number of carbonyl (C=O) groups excluding carboxylic acids is 1. The van der Waals surface area contributed by atoms with Crippen LogP contribution in [0.25, 0.3) is 6.08 Å². The molecule has 0 saturated carbocycles. The number of ether oxygens (including phenoxy) is 1. The lowest BCUT2D eigenvalue weighted by molar-refractivity contribution is -0.137. The van der Waals surface area contributed by atoms with Crippen LogP contribution in [0.3, 0.4) is 0 Å². The predicted octanol–water partition coefficient (Wildman–Crippen LogP) is 3.08. The second-order valence-electron chi connectivity index (χ2n) is 3.69. The average molecular weight is 233 g/mol. The van der Waals surface area contributed by atoms with E-state index in [4.69, 9.17) is 4.74 Å². The van der Waals surface area contributed by atoms with Gasteiger partial charge in [0.1, 0.15) is 0 Å². The molecule has 0 atom stereocenters. The molecule has 1 N–H and O–H groups in total. The first-order valence-corrected chi connectivity index (χ1v) is 5.89. The second-order valence-corrected chi connectivity index (χ2v) is 3.69. The normalized spacial score (nSPS) is 10.5. The van der Waals surface area contributed by atoms with Gasteiger partial charge < -0.3 is 10.1 Å². The van der Waals surface area contributed by atoms with Crippen molar-refractivity contribution in [2.45, 2.75) is 19.8 Å². The third-order valence-electron chi connectivity index (χ3n) is 2.37. The van der Waals surface area contributed by atoms with E-state index in [0.717, 1.165) is 24.1 Å². The molecule has 0 aliphatic heterocycles. The molecule has 0 amide bonds. The van der Waals surface area contributed by atoms with E-state index < -0.39 is 0 Å². The van der Waals surface area contributed by atoms with Gasteiger partial charge in [-0.3, -0.25) is 0 Å². The molecule has 0 aromatic heterocycles. The average Bonchev–Trinajstić information content (AvgIpc) is 2.37.